The Bertz CT molecular complexity index is 395. The van der Waals surface area contributed by atoms with Crippen LogP contribution in [0.15, 0.2) is 36.6 Å². The lowest BCUT2D eigenvalue weighted by atomic mass is 10.1. The molecule has 0 spiro atoms. The van der Waals surface area contributed by atoms with Crippen molar-refractivity contribution in [1.29, 1.82) is 0 Å². The van der Waals surface area contributed by atoms with E-state index in [9.17, 15) is 4.79 Å². The Kier molecular flexibility index (Phi) is 7.54. The molecule has 19 heavy (non-hydrogen) atoms. The van der Waals surface area contributed by atoms with Gasteiger partial charge in [-0.3, -0.25) is 4.79 Å². The first-order valence-corrected chi connectivity index (χ1v) is 6.17. The lowest BCUT2D eigenvalue weighted by molar-refractivity contribution is -0.0299. The molecular formula is C15H20O4. The fourth-order valence-corrected chi connectivity index (χ4v) is 1.42. The number of Topliss-reactive ketones (excluding diaryl/α,β-unsaturated/α-hetero) is 1. The van der Waals surface area contributed by atoms with Gasteiger partial charge in [-0.2, -0.15) is 0 Å². The third-order valence-electron chi connectivity index (χ3n) is 2.49. The Morgan fingerprint density at radius 1 is 1.21 bits per heavy atom. The molecule has 0 saturated carbocycles. The van der Waals surface area contributed by atoms with Gasteiger partial charge >= 0.3 is 0 Å². The molecule has 0 N–H and O–H groups in total. The van der Waals surface area contributed by atoms with Crippen LogP contribution in [0, 0.1) is 0 Å². The minimum atomic E-state index is 0.0821. The Morgan fingerprint density at radius 3 is 2.58 bits per heavy atom. The van der Waals surface area contributed by atoms with Gasteiger partial charge in [-0.25, -0.2) is 0 Å². The van der Waals surface area contributed by atoms with Crippen molar-refractivity contribution < 1.29 is 19.0 Å². The number of allylic oxidation sites excluding steroid dienone is 1. The highest BCUT2D eigenvalue weighted by Crippen LogP contribution is 2.06. The van der Waals surface area contributed by atoms with E-state index in [1.54, 1.807) is 20.3 Å². The average Bonchev–Trinajstić information content (AvgIpc) is 2.42. The summed E-state index contributed by atoms with van der Waals surface area (Å²) in [5.41, 5.74) is 1.86. The summed E-state index contributed by atoms with van der Waals surface area (Å²) in [6, 6.07) is 7.55. The number of ether oxygens (including phenoxy) is 3. The average molecular weight is 264 g/mol. The van der Waals surface area contributed by atoms with Crippen LogP contribution in [-0.4, -0.2) is 32.9 Å². The second-order valence-electron chi connectivity index (χ2n) is 4.01. The summed E-state index contributed by atoms with van der Waals surface area (Å²) in [4.78, 5) is 11.1. The van der Waals surface area contributed by atoms with Crippen LogP contribution in [0.1, 0.15) is 22.8 Å². The molecule has 4 heteroatoms. The van der Waals surface area contributed by atoms with Gasteiger partial charge in [0.1, 0.15) is 0 Å². The molecule has 0 fully saturated rings. The number of methoxy groups -OCH3 is 1. The lowest BCUT2D eigenvalue weighted by Gasteiger charge is -2.02. The number of hydrogen-bond donors (Lipinski definition) is 0. The van der Waals surface area contributed by atoms with Gasteiger partial charge in [-0.05, 0) is 25.0 Å². The minimum absolute atomic E-state index is 0.0821. The van der Waals surface area contributed by atoms with E-state index in [2.05, 4.69) is 0 Å². The molecule has 0 unspecified atom stereocenters. The fraction of sp³-hybridized carbons (Fsp3) is 0.400. The summed E-state index contributed by atoms with van der Waals surface area (Å²) in [5.74, 6) is 0.0821. The van der Waals surface area contributed by atoms with Crippen LogP contribution in [0.25, 0.3) is 0 Å². The largest absolute Gasteiger partial charge is 0.475 e. The Labute approximate surface area is 114 Å². The van der Waals surface area contributed by atoms with Crippen molar-refractivity contribution in [2.45, 2.75) is 13.3 Å². The van der Waals surface area contributed by atoms with E-state index < -0.39 is 0 Å². The SMILES string of the molecule is COCCOCO/C=C/Cc1ccc(C(C)=O)cc1. The van der Waals surface area contributed by atoms with Gasteiger partial charge in [0, 0.05) is 12.7 Å². The van der Waals surface area contributed by atoms with E-state index in [4.69, 9.17) is 14.2 Å². The zero-order valence-electron chi connectivity index (χ0n) is 11.4. The second kappa shape index (κ2) is 9.30. The van der Waals surface area contributed by atoms with Crippen LogP contribution < -0.4 is 0 Å². The van der Waals surface area contributed by atoms with E-state index in [1.165, 1.54) is 0 Å². The number of carbonyl (C=O) groups is 1. The first-order chi connectivity index (χ1) is 9.24. The molecule has 0 saturated heterocycles. The number of benzene rings is 1. The lowest BCUT2D eigenvalue weighted by Crippen LogP contribution is -2.03. The standard InChI is InChI=1S/C15H20O4/c1-13(16)15-7-5-14(6-8-15)4-3-9-18-12-19-11-10-17-2/h3,5-9H,4,10-12H2,1-2H3/b9-3+. The van der Waals surface area contributed by atoms with Gasteiger partial charge in [0.05, 0.1) is 19.5 Å². The van der Waals surface area contributed by atoms with Crippen molar-refractivity contribution in [3.63, 3.8) is 0 Å². The maximum absolute atomic E-state index is 11.1. The van der Waals surface area contributed by atoms with Crippen LogP contribution in [0.5, 0.6) is 0 Å². The van der Waals surface area contributed by atoms with Crippen LogP contribution in [0.4, 0.5) is 0 Å². The molecule has 0 radical (unpaired) electrons. The van der Waals surface area contributed by atoms with Gasteiger partial charge in [-0.1, -0.05) is 24.3 Å². The van der Waals surface area contributed by atoms with Gasteiger partial charge in [0.2, 0.25) is 0 Å². The van der Waals surface area contributed by atoms with Gasteiger partial charge in [0.15, 0.2) is 12.6 Å². The van der Waals surface area contributed by atoms with Crippen LogP contribution in [-0.2, 0) is 20.6 Å². The summed E-state index contributed by atoms with van der Waals surface area (Å²) in [6.07, 6.45) is 4.28. The smallest absolute Gasteiger partial charge is 0.188 e. The van der Waals surface area contributed by atoms with Gasteiger partial charge in [0.25, 0.3) is 0 Å². The molecule has 0 atom stereocenters. The van der Waals surface area contributed by atoms with Crippen LogP contribution in [0.3, 0.4) is 0 Å². The summed E-state index contributed by atoms with van der Waals surface area (Å²) in [7, 11) is 1.63. The quantitative estimate of drug-likeness (QED) is 0.297. The van der Waals surface area contributed by atoms with Crippen molar-refractivity contribution in [3.05, 3.63) is 47.7 Å². The van der Waals surface area contributed by atoms with Crippen molar-refractivity contribution in [2.24, 2.45) is 0 Å². The normalized spacial score (nSPS) is 10.8. The highest BCUT2D eigenvalue weighted by atomic mass is 16.7. The first-order valence-electron chi connectivity index (χ1n) is 6.17. The topological polar surface area (TPSA) is 44.8 Å². The summed E-state index contributed by atoms with van der Waals surface area (Å²) >= 11 is 0. The summed E-state index contributed by atoms with van der Waals surface area (Å²) in [5, 5.41) is 0. The van der Waals surface area contributed by atoms with Gasteiger partial charge < -0.3 is 14.2 Å². The van der Waals surface area contributed by atoms with Crippen molar-refractivity contribution in [1.82, 2.24) is 0 Å². The minimum Gasteiger partial charge on any atom is -0.475 e. The zero-order valence-corrected chi connectivity index (χ0v) is 11.4. The number of rotatable bonds is 9. The summed E-state index contributed by atoms with van der Waals surface area (Å²) in [6.45, 7) is 2.88. The molecule has 1 aromatic rings. The molecule has 1 rings (SSSR count). The molecule has 4 nitrogen and oxygen atoms in total. The Morgan fingerprint density at radius 2 is 1.95 bits per heavy atom. The zero-order chi connectivity index (χ0) is 13.9. The second-order valence-corrected chi connectivity index (χ2v) is 4.01. The third kappa shape index (κ3) is 6.74. The molecule has 104 valence electrons. The van der Waals surface area contributed by atoms with E-state index >= 15 is 0 Å². The molecule has 0 amide bonds. The maximum Gasteiger partial charge on any atom is 0.188 e. The van der Waals surface area contributed by atoms with Crippen LogP contribution in [0.2, 0.25) is 0 Å². The molecule has 0 aliphatic carbocycles. The number of hydrogen-bond acceptors (Lipinski definition) is 4. The van der Waals surface area contributed by atoms with Crippen LogP contribution >= 0.6 is 0 Å². The molecule has 0 heterocycles. The highest BCUT2D eigenvalue weighted by Gasteiger charge is 1.97. The molecule has 0 bridgehead atoms. The van der Waals surface area contributed by atoms with E-state index in [0.717, 1.165) is 17.5 Å². The van der Waals surface area contributed by atoms with E-state index in [-0.39, 0.29) is 12.6 Å². The van der Waals surface area contributed by atoms with Crippen molar-refractivity contribution in [3.8, 4) is 0 Å². The predicted octanol–water partition coefficient (Wildman–Crippen LogP) is 2.58. The molecule has 0 aliphatic rings. The maximum atomic E-state index is 11.1. The molecule has 0 aliphatic heterocycles. The Balaban J connectivity index is 2.19. The van der Waals surface area contributed by atoms with Gasteiger partial charge in [-0.15, -0.1) is 0 Å². The molecule has 0 aromatic heterocycles. The highest BCUT2D eigenvalue weighted by molar-refractivity contribution is 5.93. The summed E-state index contributed by atoms with van der Waals surface area (Å²) < 4.78 is 15.1. The fourth-order valence-electron chi connectivity index (χ4n) is 1.42. The van der Waals surface area contributed by atoms with Crippen molar-refractivity contribution in [2.75, 3.05) is 27.1 Å². The van der Waals surface area contributed by atoms with Crippen molar-refractivity contribution >= 4 is 5.78 Å². The number of carbonyl (C=O) groups excluding carboxylic acids is 1. The van der Waals surface area contributed by atoms with E-state index in [1.807, 2.05) is 30.3 Å². The predicted molar refractivity (Wildman–Crippen MR) is 73.1 cm³/mol. The Hall–Kier alpha value is -1.65. The van der Waals surface area contributed by atoms with E-state index in [0.29, 0.717) is 13.2 Å². The molecular weight excluding hydrogens is 244 g/mol. The monoisotopic (exact) mass is 264 g/mol. The molecule has 1 aromatic carbocycles. The third-order valence-corrected chi connectivity index (χ3v) is 2.49. The number of ketones is 1. The first kappa shape index (κ1) is 15.4.